The van der Waals surface area contributed by atoms with Crippen molar-refractivity contribution in [3.63, 3.8) is 0 Å². The maximum Gasteiger partial charge on any atom is 0.292 e. The monoisotopic (exact) mass is 358 g/mol. The van der Waals surface area contributed by atoms with E-state index in [1.54, 1.807) is 12.1 Å². The van der Waals surface area contributed by atoms with Gasteiger partial charge in [-0.3, -0.25) is 20.2 Å². The summed E-state index contributed by atoms with van der Waals surface area (Å²) in [4.78, 5) is 22.0. The molecule has 2 rings (SSSR count). The van der Waals surface area contributed by atoms with Gasteiger partial charge in [0.15, 0.2) is 0 Å². The van der Waals surface area contributed by atoms with Crippen LogP contribution in [0.3, 0.4) is 0 Å². The number of nitro groups is 2. The van der Waals surface area contributed by atoms with Crippen molar-refractivity contribution in [3.8, 4) is 11.1 Å². The van der Waals surface area contributed by atoms with Gasteiger partial charge < -0.3 is 10.6 Å². The maximum absolute atomic E-state index is 11.4. The summed E-state index contributed by atoms with van der Waals surface area (Å²) in [5.41, 5.74) is 3.62. The molecule has 0 bridgehead atoms. The van der Waals surface area contributed by atoms with Crippen molar-refractivity contribution in [2.24, 2.45) is 0 Å². The summed E-state index contributed by atoms with van der Waals surface area (Å²) < 4.78 is 0. The van der Waals surface area contributed by atoms with E-state index in [4.69, 9.17) is 0 Å². The first-order chi connectivity index (χ1) is 12.3. The smallest absolute Gasteiger partial charge is 0.292 e. The minimum absolute atomic E-state index is 0.0507. The van der Waals surface area contributed by atoms with E-state index in [1.165, 1.54) is 12.1 Å². The van der Waals surface area contributed by atoms with Crippen LogP contribution in [0.2, 0.25) is 0 Å². The second kappa shape index (κ2) is 7.81. The lowest BCUT2D eigenvalue weighted by molar-refractivity contribution is -0.384. The third-order valence-electron chi connectivity index (χ3n) is 4.10. The molecule has 138 valence electrons. The molecule has 8 heteroatoms. The second-order valence-corrected chi connectivity index (χ2v) is 5.94. The van der Waals surface area contributed by atoms with E-state index in [0.717, 1.165) is 11.1 Å². The number of aryl methyl sites for hydroxylation is 2. The van der Waals surface area contributed by atoms with Crippen LogP contribution in [0.25, 0.3) is 11.1 Å². The van der Waals surface area contributed by atoms with Crippen LogP contribution in [0.4, 0.5) is 22.7 Å². The predicted molar refractivity (Wildman–Crippen MR) is 103 cm³/mol. The third kappa shape index (κ3) is 3.74. The quantitative estimate of drug-likeness (QED) is 0.550. The van der Waals surface area contributed by atoms with Gasteiger partial charge in [-0.05, 0) is 62.1 Å². The van der Waals surface area contributed by atoms with Gasteiger partial charge in [-0.2, -0.15) is 0 Å². The number of anilines is 2. The summed E-state index contributed by atoms with van der Waals surface area (Å²) in [6.45, 7) is 8.51. The van der Waals surface area contributed by atoms with Gasteiger partial charge >= 0.3 is 0 Å². The fourth-order valence-electron chi connectivity index (χ4n) is 2.94. The van der Waals surface area contributed by atoms with Crippen molar-refractivity contribution in [2.75, 3.05) is 23.7 Å². The highest BCUT2D eigenvalue weighted by atomic mass is 16.6. The third-order valence-corrected chi connectivity index (χ3v) is 4.10. The van der Waals surface area contributed by atoms with Crippen molar-refractivity contribution >= 4 is 22.7 Å². The summed E-state index contributed by atoms with van der Waals surface area (Å²) in [6, 6.07) is 6.37. The van der Waals surface area contributed by atoms with E-state index in [2.05, 4.69) is 10.6 Å². The van der Waals surface area contributed by atoms with Crippen molar-refractivity contribution in [1.82, 2.24) is 0 Å². The molecule has 0 saturated carbocycles. The average molecular weight is 358 g/mol. The lowest BCUT2D eigenvalue weighted by atomic mass is 9.94. The van der Waals surface area contributed by atoms with Crippen LogP contribution in [0, 0.1) is 34.1 Å². The SMILES string of the molecule is CCNc1cc(C)c(-c2cc([N+](=O)[O-])c(NCC)cc2C)cc1[N+](=O)[O-]. The minimum atomic E-state index is -0.447. The van der Waals surface area contributed by atoms with E-state index in [9.17, 15) is 20.2 Å². The molecular formula is C18H22N4O4. The van der Waals surface area contributed by atoms with Crippen LogP contribution in [0.5, 0.6) is 0 Å². The lowest BCUT2D eigenvalue weighted by Gasteiger charge is -2.14. The molecule has 8 nitrogen and oxygen atoms in total. The van der Waals surface area contributed by atoms with Gasteiger partial charge in [-0.1, -0.05) is 0 Å². The number of rotatable bonds is 7. The normalized spacial score (nSPS) is 10.5. The van der Waals surface area contributed by atoms with Gasteiger partial charge in [-0.25, -0.2) is 0 Å². The van der Waals surface area contributed by atoms with Gasteiger partial charge in [0.1, 0.15) is 11.4 Å². The molecule has 0 heterocycles. The average Bonchev–Trinajstić information content (AvgIpc) is 2.56. The van der Waals surface area contributed by atoms with Crippen LogP contribution in [-0.4, -0.2) is 22.9 Å². The molecule has 0 amide bonds. The largest absolute Gasteiger partial charge is 0.380 e. The van der Waals surface area contributed by atoms with Gasteiger partial charge in [0.25, 0.3) is 11.4 Å². The molecule has 2 N–H and O–H groups in total. The molecule has 0 fully saturated rings. The Morgan fingerprint density at radius 1 is 0.769 bits per heavy atom. The van der Waals surface area contributed by atoms with Crippen molar-refractivity contribution in [1.29, 1.82) is 0 Å². The zero-order valence-corrected chi connectivity index (χ0v) is 15.3. The Morgan fingerprint density at radius 2 is 1.12 bits per heavy atom. The summed E-state index contributed by atoms with van der Waals surface area (Å²) >= 11 is 0. The highest BCUT2D eigenvalue weighted by molar-refractivity contribution is 5.82. The van der Waals surface area contributed by atoms with Crippen LogP contribution in [0.1, 0.15) is 25.0 Å². The Hall–Kier alpha value is -3.16. The zero-order chi connectivity index (χ0) is 19.4. The number of nitrogens with one attached hydrogen (secondary N) is 2. The van der Waals surface area contributed by atoms with Crippen LogP contribution < -0.4 is 10.6 Å². The van der Waals surface area contributed by atoms with Crippen LogP contribution in [0.15, 0.2) is 24.3 Å². The minimum Gasteiger partial charge on any atom is -0.380 e. The lowest BCUT2D eigenvalue weighted by Crippen LogP contribution is -2.04. The highest BCUT2D eigenvalue weighted by Crippen LogP contribution is 2.39. The fraction of sp³-hybridized carbons (Fsp3) is 0.333. The van der Waals surface area contributed by atoms with Gasteiger partial charge in [0, 0.05) is 25.2 Å². The van der Waals surface area contributed by atoms with Gasteiger partial charge in [0.05, 0.1) is 9.85 Å². The number of hydrogen-bond acceptors (Lipinski definition) is 6. The van der Waals surface area contributed by atoms with E-state index in [-0.39, 0.29) is 11.4 Å². The summed E-state index contributed by atoms with van der Waals surface area (Å²) in [6.07, 6.45) is 0. The van der Waals surface area contributed by atoms with Crippen LogP contribution >= 0.6 is 0 Å². The Labute approximate surface area is 151 Å². The molecule has 2 aromatic carbocycles. The maximum atomic E-state index is 11.4. The fourth-order valence-corrected chi connectivity index (χ4v) is 2.94. The summed E-state index contributed by atoms with van der Waals surface area (Å²) in [5, 5.41) is 28.9. The van der Waals surface area contributed by atoms with Gasteiger partial charge in [0.2, 0.25) is 0 Å². The van der Waals surface area contributed by atoms with Gasteiger partial charge in [-0.15, -0.1) is 0 Å². The molecule has 0 aliphatic carbocycles. The standard InChI is InChI=1S/C18H22N4O4/c1-5-19-15-7-11(3)13(9-17(15)21(23)24)14-10-18(22(25)26)16(20-6-2)8-12(14)4/h7-10,19-20H,5-6H2,1-4H3. The highest BCUT2D eigenvalue weighted by Gasteiger charge is 2.22. The molecule has 0 atom stereocenters. The molecule has 0 saturated heterocycles. The summed E-state index contributed by atoms with van der Waals surface area (Å²) in [5.74, 6) is 0. The Balaban J connectivity index is 2.71. The first kappa shape index (κ1) is 19.2. The molecule has 2 aromatic rings. The van der Waals surface area contributed by atoms with Crippen LogP contribution in [-0.2, 0) is 0 Å². The Morgan fingerprint density at radius 3 is 1.38 bits per heavy atom. The van der Waals surface area contributed by atoms with Crippen molar-refractivity contribution < 1.29 is 9.85 Å². The molecule has 0 spiro atoms. The van der Waals surface area contributed by atoms with Crippen molar-refractivity contribution in [3.05, 3.63) is 55.6 Å². The van der Waals surface area contributed by atoms with E-state index >= 15 is 0 Å². The number of benzene rings is 2. The first-order valence-electron chi connectivity index (χ1n) is 8.36. The predicted octanol–water partition coefficient (Wildman–Crippen LogP) is 4.65. The first-order valence-corrected chi connectivity index (χ1v) is 8.36. The Bertz CT molecular complexity index is 793. The number of nitro benzene ring substituents is 2. The number of nitrogens with zero attached hydrogens (tertiary/aromatic N) is 2. The zero-order valence-electron chi connectivity index (χ0n) is 15.3. The van der Waals surface area contributed by atoms with E-state index < -0.39 is 9.85 Å². The molecule has 0 radical (unpaired) electrons. The molecule has 0 aliphatic rings. The van der Waals surface area contributed by atoms with E-state index in [0.29, 0.717) is 35.6 Å². The second-order valence-electron chi connectivity index (χ2n) is 5.94. The number of hydrogen-bond donors (Lipinski definition) is 2. The molecule has 0 aromatic heterocycles. The summed E-state index contributed by atoms with van der Waals surface area (Å²) in [7, 11) is 0. The molecule has 0 aliphatic heterocycles. The van der Waals surface area contributed by atoms with Crippen molar-refractivity contribution in [2.45, 2.75) is 27.7 Å². The van der Waals surface area contributed by atoms with E-state index in [1.807, 2.05) is 27.7 Å². The molecule has 0 unspecified atom stereocenters. The molecular weight excluding hydrogens is 336 g/mol. The topological polar surface area (TPSA) is 110 Å². The molecule has 26 heavy (non-hydrogen) atoms. The Kier molecular flexibility index (Phi) is 5.76.